The van der Waals surface area contributed by atoms with Gasteiger partial charge in [0.25, 0.3) is 0 Å². The Morgan fingerprint density at radius 1 is 0.914 bits per heavy atom. The van der Waals surface area contributed by atoms with Gasteiger partial charge in [0.15, 0.2) is 0 Å². The standard InChI is InChI=1S/C29H31N3O3/c1-22-28(20-31(23-17-18-23)19-25(33)21-34-26-13-7-3-8-14-26)29(35-27-15-9-4-10-16-27)32(30-22)24-11-5-2-6-12-24/h2-16,23,25,33H,17-21H2,1H3/t25-/m1/s1. The fraction of sp³-hybridized carbons (Fsp3) is 0.276. The predicted molar refractivity (Wildman–Crippen MR) is 136 cm³/mol. The lowest BCUT2D eigenvalue weighted by Gasteiger charge is -2.25. The molecule has 1 aromatic heterocycles. The molecule has 1 heterocycles. The Bertz CT molecular complexity index is 1210. The molecular formula is C29H31N3O3. The molecule has 0 spiro atoms. The van der Waals surface area contributed by atoms with Gasteiger partial charge < -0.3 is 14.6 Å². The molecule has 0 amide bonds. The van der Waals surface area contributed by atoms with Crippen LogP contribution < -0.4 is 9.47 Å². The maximum absolute atomic E-state index is 10.8. The molecule has 3 aromatic carbocycles. The van der Waals surface area contributed by atoms with Crippen LogP contribution in [-0.4, -0.2) is 45.1 Å². The van der Waals surface area contributed by atoms with Crippen molar-refractivity contribution in [1.29, 1.82) is 0 Å². The van der Waals surface area contributed by atoms with E-state index in [4.69, 9.17) is 14.6 Å². The quantitative estimate of drug-likeness (QED) is 0.320. The second-order valence-corrected chi connectivity index (χ2v) is 8.97. The molecule has 1 saturated carbocycles. The number of nitrogens with zero attached hydrogens (tertiary/aromatic N) is 3. The fourth-order valence-electron chi connectivity index (χ4n) is 4.19. The van der Waals surface area contributed by atoms with Crippen molar-refractivity contribution >= 4 is 0 Å². The van der Waals surface area contributed by atoms with E-state index in [2.05, 4.69) is 4.90 Å². The highest BCUT2D eigenvalue weighted by Gasteiger charge is 2.32. The molecule has 1 N–H and O–H groups in total. The summed E-state index contributed by atoms with van der Waals surface area (Å²) in [5.41, 5.74) is 2.89. The van der Waals surface area contributed by atoms with Crippen molar-refractivity contribution in [3.8, 4) is 23.1 Å². The molecule has 1 aliphatic rings. The van der Waals surface area contributed by atoms with Gasteiger partial charge in [0.2, 0.25) is 5.88 Å². The molecule has 0 aliphatic heterocycles. The third-order valence-electron chi connectivity index (χ3n) is 6.15. The van der Waals surface area contributed by atoms with E-state index in [0.717, 1.165) is 41.3 Å². The summed E-state index contributed by atoms with van der Waals surface area (Å²) in [5, 5.41) is 15.6. The molecule has 6 heteroatoms. The first-order chi connectivity index (χ1) is 17.2. The minimum absolute atomic E-state index is 0.253. The zero-order chi connectivity index (χ0) is 24.0. The monoisotopic (exact) mass is 469 g/mol. The average Bonchev–Trinajstić information content (AvgIpc) is 3.70. The van der Waals surface area contributed by atoms with Crippen molar-refractivity contribution in [2.45, 2.75) is 38.5 Å². The van der Waals surface area contributed by atoms with Crippen LogP contribution in [0.5, 0.6) is 17.4 Å². The molecule has 1 fully saturated rings. The van der Waals surface area contributed by atoms with Gasteiger partial charge in [0.05, 0.1) is 16.9 Å². The summed E-state index contributed by atoms with van der Waals surface area (Å²) in [4.78, 5) is 2.33. The van der Waals surface area contributed by atoms with Gasteiger partial charge in [-0.1, -0.05) is 54.6 Å². The first-order valence-electron chi connectivity index (χ1n) is 12.1. The Morgan fingerprint density at radius 3 is 2.14 bits per heavy atom. The summed E-state index contributed by atoms with van der Waals surface area (Å²) in [7, 11) is 0. The van der Waals surface area contributed by atoms with Crippen LogP contribution in [0.4, 0.5) is 0 Å². The van der Waals surface area contributed by atoms with Crippen molar-refractivity contribution < 1.29 is 14.6 Å². The van der Waals surface area contributed by atoms with Gasteiger partial charge >= 0.3 is 0 Å². The molecule has 0 saturated heterocycles. The average molecular weight is 470 g/mol. The molecule has 0 unspecified atom stereocenters. The van der Waals surface area contributed by atoms with Crippen LogP contribution in [0.15, 0.2) is 91.0 Å². The molecule has 6 nitrogen and oxygen atoms in total. The van der Waals surface area contributed by atoms with Gasteiger partial charge in [-0.25, -0.2) is 4.68 Å². The Hall–Kier alpha value is -3.61. The smallest absolute Gasteiger partial charge is 0.227 e. The highest BCUT2D eigenvalue weighted by atomic mass is 16.5. The van der Waals surface area contributed by atoms with Gasteiger partial charge in [0, 0.05) is 19.1 Å². The summed E-state index contributed by atoms with van der Waals surface area (Å²) in [5.74, 6) is 2.24. The zero-order valence-corrected chi connectivity index (χ0v) is 20.0. The number of para-hydroxylation sites is 3. The molecule has 1 aliphatic carbocycles. The molecule has 5 rings (SSSR count). The summed E-state index contributed by atoms with van der Waals surface area (Å²) in [6, 6.07) is 29.9. The minimum atomic E-state index is -0.598. The molecular weight excluding hydrogens is 438 g/mol. The highest BCUT2D eigenvalue weighted by Crippen LogP contribution is 2.35. The topological polar surface area (TPSA) is 59.8 Å². The number of aliphatic hydroxyl groups excluding tert-OH is 1. The summed E-state index contributed by atoms with van der Waals surface area (Å²) in [6.07, 6.45) is 1.67. The van der Waals surface area contributed by atoms with E-state index in [1.54, 1.807) is 0 Å². The molecule has 35 heavy (non-hydrogen) atoms. The van der Waals surface area contributed by atoms with E-state index in [-0.39, 0.29) is 6.61 Å². The van der Waals surface area contributed by atoms with Crippen molar-refractivity contribution in [2.24, 2.45) is 0 Å². The normalized spacial score (nSPS) is 14.1. The van der Waals surface area contributed by atoms with E-state index < -0.39 is 6.10 Å². The van der Waals surface area contributed by atoms with Crippen LogP contribution in [0.2, 0.25) is 0 Å². The van der Waals surface area contributed by atoms with Crippen LogP contribution in [0.25, 0.3) is 5.69 Å². The van der Waals surface area contributed by atoms with Crippen LogP contribution in [0.1, 0.15) is 24.1 Å². The third-order valence-corrected chi connectivity index (χ3v) is 6.15. The van der Waals surface area contributed by atoms with E-state index in [1.807, 2.05) is 103 Å². The number of aliphatic hydroxyl groups is 1. The first-order valence-corrected chi connectivity index (χ1v) is 12.1. The van der Waals surface area contributed by atoms with Crippen LogP contribution >= 0.6 is 0 Å². The first kappa shape index (κ1) is 23.1. The lowest BCUT2D eigenvalue weighted by molar-refractivity contribution is 0.0623. The van der Waals surface area contributed by atoms with E-state index in [1.165, 1.54) is 0 Å². The Kier molecular flexibility index (Phi) is 7.12. The molecule has 180 valence electrons. The zero-order valence-electron chi connectivity index (χ0n) is 20.0. The van der Waals surface area contributed by atoms with Crippen molar-refractivity contribution in [3.63, 3.8) is 0 Å². The number of benzene rings is 3. The molecule has 0 bridgehead atoms. The van der Waals surface area contributed by atoms with Gasteiger partial charge in [0.1, 0.15) is 24.2 Å². The van der Waals surface area contributed by atoms with E-state index in [9.17, 15) is 5.11 Å². The SMILES string of the molecule is Cc1nn(-c2ccccc2)c(Oc2ccccc2)c1CN(C[C@@H](O)COc1ccccc1)C1CC1. The molecule has 0 radical (unpaired) electrons. The van der Waals surface area contributed by atoms with Crippen LogP contribution in [0, 0.1) is 6.92 Å². The van der Waals surface area contributed by atoms with Crippen LogP contribution in [-0.2, 0) is 6.54 Å². The van der Waals surface area contributed by atoms with Gasteiger partial charge in [-0.3, -0.25) is 4.90 Å². The Labute approximate surface area is 206 Å². The summed E-state index contributed by atoms with van der Waals surface area (Å²) < 4.78 is 14.1. The fourth-order valence-corrected chi connectivity index (χ4v) is 4.19. The second-order valence-electron chi connectivity index (χ2n) is 8.97. The van der Waals surface area contributed by atoms with Gasteiger partial charge in [-0.15, -0.1) is 0 Å². The summed E-state index contributed by atoms with van der Waals surface area (Å²) >= 11 is 0. The number of aromatic nitrogens is 2. The lowest BCUT2D eigenvalue weighted by atomic mass is 10.2. The largest absolute Gasteiger partial charge is 0.491 e. The van der Waals surface area contributed by atoms with Crippen molar-refractivity contribution in [2.75, 3.05) is 13.2 Å². The van der Waals surface area contributed by atoms with E-state index in [0.29, 0.717) is 25.0 Å². The predicted octanol–water partition coefficient (Wildman–Crippen LogP) is 5.38. The number of ether oxygens (including phenoxy) is 2. The maximum Gasteiger partial charge on any atom is 0.227 e. The Morgan fingerprint density at radius 2 is 1.51 bits per heavy atom. The minimum Gasteiger partial charge on any atom is -0.491 e. The van der Waals surface area contributed by atoms with Crippen molar-refractivity contribution in [3.05, 3.63) is 102 Å². The number of hydrogen-bond acceptors (Lipinski definition) is 5. The third kappa shape index (κ3) is 5.91. The lowest BCUT2D eigenvalue weighted by Crippen LogP contribution is -2.36. The van der Waals surface area contributed by atoms with Crippen molar-refractivity contribution in [1.82, 2.24) is 14.7 Å². The van der Waals surface area contributed by atoms with Gasteiger partial charge in [-0.2, -0.15) is 5.10 Å². The van der Waals surface area contributed by atoms with Crippen LogP contribution in [0.3, 0.4) is 0 Å². The number of aryl methyl sites for hydroxylation is 1. The highest BCUT2D eigenvalue weighted by molar-refractivity contribution is 5.43. The summed E-state index contributed by atoms with van der Waals surface area (Å²) in [6.45, 7) is 3.45. The van der Waals surface area contributed by atoms with E-state index >= 15 is 0 Å². The number of rotatable bonds is 11. The maximum atomic E-state index is 10.8. The van der Waals surface area contributed by atoms with Gasteiger partial charge in [-0.05, 0) is 56.2 Å². The number of hydrogen-bond donors (Lipinski definition) is 1. The second kappa shape index (κ2) is 10.8. The molecule has 4 aromatic rings. The molecule has 1 atom stereocenters. The Balaban J connectivity index is 1.37.